The first-order valence-corrected chi connectivity index (χ1v) is 12.4. The van der Waals surface area contributed by atoms with Crippen molar-refractivity contribution in [3.63, 3.8) is 0 Å². The molecule has 0 atom stereocenters. The summed E-state index contributed by atoms with van der Waals surface area (Å²) in [5.41, 5.74) is 7.11. The van der Waals surface area contributed by atoms with Crippen molar-refractivity contribution in [3.05, 3.63) is 81.6 Å². The summed E-state index contributed by atoms with van der Waals surface area (Å²) >= 11 is 0. The Kier molecular flexibility index (Phi) is 5.38. The van der Waals surface area contributed by atoms with Gasteiger partial charge < -0.3 is 0 Å². The number of benzene rings is 2. The highest BCUT2D eigenvalue weighted by Gasteiger charge is 2.38. The molecule has 0 aromatic heterocycles. The smallest absolute Gasteiger partial charge is 0.0804 e. The summed E-state index contributed by atoms with van der Waals surface area (Å²) in [5, 5.41) is 4.75. The lowest BCUT2D eigenvalue weighted by Crippen LogP contribution is -2.58. The molecule has 26 heavy (non-hydrogen) atoms. The first-order valence-electron chi connectivity index (χ1n) is 9.92. The van der Waals surface area contributed by atoms with Crippen molar-refractivity contribution in [2.75, 3.05) is 0 Å². The van der Waals surface area contributed by atoms with Crippen LogP contribution in [0.15, 0.2) is 59.3 Å². The second kappa shape index (κ2) is 7.40. The number of aryl methyl sites for hydroxylation is 4. The second-order valence-electron chi connectivity index (χ2n) is 8.21. The predicted octanol–water partition coefficient (Wildman–Crippen LogP) is 5.71. The van der Waals surface area contributed by atoms with Crippen molar-refractivity contribution in [2.24, 2.45) is 0 Å². The van der Waals surface area contributed by atoms with Crippen molar-refractivity contribution in [3.8, 4) is 0 Å². The van der Waals surface area contributed by atoms with Crippen LogP contribution >= 0.6 is 0 Å². The summed E-state index contributed by atoms with van der Waals surface area (Å²) in [4.78, 5) is 0. The van der Waals surface area contributed by atoms with Crippen molar-refractivity contribution in [2.45, 2.75) is 60.4 Å². The van der Waals surface area contributed by atoms with Gasteiger partial charge in [0.2, 0.25) is 0 Å². The minimum Gasteiger partial charge on any atom is -0.0804 e. The fourth-order valence-electron chi connectivity index (χ4n) is 4.60. The molecule has 3 rings (SSSR count). The summed E-state index contributed by atoms with van der Waals surface area (Å²) in [6, 6.07) is 14.4. The van der Waals surface area contributed by atoms with E-state index in [0.717, 1.165) is 6.42 Å². The third-order valence-corrected chi connectivity index (χ3v) is 10.2. The average Bonchev–Trinajstić information content (AvgIpc) is 3.01. The molecule has 0 radical (unpaired) electrons. The maximum Gasteiger partial charge on any atom is 0.145 e. The Morgan fingerprint density at radius 3 is 1.62 bits per heavy atom. The molecule has 0 unspecified atom stereocenters. The Morgan fingerprint density at radius 2 is 1.19 bits per heavy atom. The zero-order valence-electron chi connectivity index (χ0n) is 17.2. The molecule has 0 heterocycles. The first kappa shape index (κ1) is 18.9. The Morgan fingerprint density at radius 1 is 0.731 bits per heavy atom. The van der Waals surface area contributed by atoms with E-state index < -0.39 is 8.07 Å². The van der Waals surface area contributed by atoms with Gasteiger partial charge in [-0.25, -0.2) is 0 Å². The van der Waals surface area contributed by atoms with Crippen LogP contribution in [0.5, 0.6) is 0 Å². The van der Waals surface area contributed by atoms with Crippen LogP contribution in [0.3, 0.4) is 0 Å². The Labute approximate surface area is 160 Å². The van der Waals surface area contributed by atoms with Crippen LogP contribution in [-0.4, -0.2) is 8.07 Å². The minimum atomic E-state index is -2.00. The zero-order valence-corrected chi connectivity index (χ0v) is 18.2. The van der Waals surface area contributed by atoms with Gasteiger partial charge in [-0.2, -0.15) is 0 Å². The van der Waals surface area contributed by atoms with E-state index in [4.69, 9.17) is 0 Å². The molecule has 1 heteroatoms. The molecule has 0 nitrogen and oxygen atoms in total. The standard InChI is InChI=1S/C25H32Si/c1-7-9-22-10-8-11-25(22)26(6,23-14-18(2)12-19(3)15-23)24-16-20(4)13-21(5)17-24/h10-17H,7-9H2,1-6H3. The van der Waals surface area contributed by atoms with Crippen LogP contribution in [0.1, 0.15) is 48.4 Å². The third-order valence-electron chi connectivity index (χ3n) is 5.69. The van der Waals surface area contributed by atoms with Crippen molar-refractivity contribution in [1.82, 2.24) is 0 Å². The fourth-order valence-corrected chi connectivity index (χ4v) is 9.01. The number of hydrogen-bond donors (Lipinski definition) is 0. The molecule has 0 bridgehead atoms. The van der Waals surface area contributed by atoms with Crippen LogP contribution in [-0.2, 0) is 0 Å². The van der Waals surface area contributed by atoms with Gasteiger partial charge >= 0.3 is 0 Å². The highest BCUT2D eigenvalue weighted by molar-refractivity contribution is 7.07. The summed E-state index contributed by atoms with van der Waals surface area (Å²) in [6.07, 6.45) is 8.50. The van der Waals surface area contributed by atoms with E-state index in [1.165, 1.54) is 35.1 Å². The van der Waals surface area contributed by atoms with Gasteiger partial charge in [-0.15, -0.1) is 0 Å². The largest absolute Gasteiger partial charge is 0.145 e. The lowest BCUT2D eigenvalue weighted by atomic mass is 10.1. The van der Waals surface area contributed by atoms with Crippen molar-refractivity contribution < 1.29 is 0 Å². The lowest BCUT2D eigenvalue weighted by Gasteiger charge is -2.33. The SMILES string of the molecule is CCCC1=CCC=C1[Si](C)(c1cc(C)cc(C)c1)c1cc(C)cc(C)c1. The summed E-state index contributed by atoms with van der Waals surface area (Å²) in [5.74, 6) is 0. The van der Waals surface area contributed by atoms with Gasteiger partial charge in [-0.1, -0.05) is 101 Å². The number of hydrogen-bond acceptors (Lipinski definition) is 0. The Hall–Kier alpha value is -1.86. The second-order valence-corrected chi connectivity index (χ2v) is 12.2. The molecule has 0 aliphatic heterocycles. The number of rotatable bonds is 5. The fraction of sp³-hybridized carbons (Fsp3) is 0.360. The Bertz CT molecular complexity index is 791. The van der Waals surface area contributed by atoms with E-state index in [-0.39, 0.29) is 0 Å². The van der Waals surface area contributed by atoms with Gasteiger partial charge in [0.05, 0.1) is 0 Å². The van der Waals surface area contributed by atoms with E-state index in [1.54, 1.807) is 21.1 Å². The molecule has 1 aliphatic carbocycles. The van der Waals surface area contributed by atoms with Crippen LogP contribution in [0.2, 0.25) is 6.55 Å². The molecule has 0 saturated heterocycles. The van der Waals surface area contributed by atoms with Crippen molar-refractivity contribution in [1.29, 1.82) is 0 Å². The van der Waals surface area contributed by atoms with Gasteiger partial charge in [-0.05, 0) is 50.9 Å². The van der Waals surface area contributed by atoms with Gasteiger partial charge in [0, 0.05) is 0 Å². The predicted molar refractivity (Wildman–Crippen MR) is 118 cm³/mol. The molecule has 0 N–H and O–H groups in total. The summed E-state index contributed by atoms with van der Waals surface area (Å²) in [7, 11) is -2.00. The molecule has 0 spiro atoms. The molecule has 1 aliphatic rings. The van der Waals surface area contributed by atoms with Gasteiger partial charge in [-0.3, -0.25) is 0 Å². The first-order chi connectivity index (χ1) is 12.3. The van der Waals surface area contributed by atoms with E-state index in [1.807, 2.05) is 0 Å². The van der Waals surface area contributed by atoms with Gasteiger partial charge in [0.1, 0.15) is 8.07 Å². The van der Waals surface area contributed by atoms with Crippen molar-refractivity contribution >= 4 is 18.4 Å². The molecular formula is C25H32Si. The summed E-state index contributed by atoms with van der Waals surface area (Å²) in [6.45, 7) is 13.8. The molecule has 0 saturated carbocycles. The Balaban J connectivity index is 2.27. The number of allylic oxidation sites excluding steroid dienone is 4. The average molecular weight is 361 g/mol. The van der Waals surface area contributed by atoms with E-state index >= 15 is 0 Å². The monoisotopic (exact) mass is 360 g/mol. The van der Waals surface area contributed by atoms with Crippen LogP contribution in [0, 0.1) is 27.7 Å². The maximum atomic E-state index is 2.57. The molecule has 2 aromatic rings. The van der Waals surface area contributed by atoms with E-state index in [9.17, 15) is 0 Å². The van der Waals surface area contributed by atoms with Crippen LogP contribution in [0.4, 0.5) is 0 Å². The molecule has 136 valence electrons. The van der Waals surface area contributed by atoms with Gasteiger partial charge in [0.25, 0.3) is 0 Å². The zero-order chi connectivity index (χ0) is 18.9. The highest BCUT2D eigenvalue weighted by Crippen LogP contribution is 2.32. The maximum absolute atomic E-state index is 2.57. The highest BCUT2D eigenvalue weighted by atomic mass is 28.3. The van der Waals surface area contributed by atoms with E-state index in [2.05, 4.69) is 89.7 Å². The summed E-state index contributed by atoms with van der Waals surface area (Å²) < 4.78 is 0. The molecular weight excluding hydrogens is 328 g/mol. The lowest BCUT2D eigenvalue weighted by molar-refractivity contribution is 0.923. The van der Waals surface area contributed by atoms with Crippen LogP contribution in [0.25, 0.3) is 0 Å². The third kappa shape index (κ3) is 3.50. The normalized spacial score (nSPS) is 14.4. The topological polar surface area (TPSA) is 0 Å². The van der Waals surface area contributed by atoms with Crippen LogP contribution < -0.4 is 10.4 Å². The van der Waals surface area contributed by atoms with E-state index in [0.29, 0.717) is 0 Å². The molecule has 2 aromatic carbocycles. The molecule has 0 fully saturated rings. The van der Waals surface area contributed by atoms with Gasteiger partial charge in [0.15, 0.2) is 0 Å². The quantitative estimate of drug-likeness (QED) is 0.599. The minimum absolute atomic E-state index is 1.10. The molecule has 0 amide bonds.